The third kappa shape index (κ3) is 3.81. The predicted molar refractivity (Wildman–Crippen MR) is 122 cm³/mol. The van der Waals surface area contributed by atoms with Crippen LogP contribution in [0.5, 0.6) is 17.2 Å². The molecule has 0 bridgehead atoms. The van der Waals surface area contributed by atoms with Crippen LogP contribution >= 0.6 is 0 Å². The van der Waals surface area contributed by atoms with E-state index >= 15 is 0 Å². The minimum absolute atomic E-state index is 0.0227. The van der Waals surface area contributed by atoms with E-state index in [-0.39, 0.29) is 35.0 Å². The zero-order chi connectivity index (χ0) is 23.8. The highest BCUT2D eigenvalue weighted by atomic mass is 16.3. The third-order valence-corrected chi connectivity index (χ3v) is 6.38. The molecule has 6 N–H and O–H groups in total. The normalized spacial score (nSPS) is 13.2. The molecule has 0 aliphatic heterocycles. The molecule has 0 saturated carbocycles. The molecule has 3 rings (SSSR count). The van der Waals surface area contributed by atoms with Crippen LogP contribution in [0.4, 0.5) is 0 Å². The van der Waals surface area contributed by atoms with E-state index in [1.54, 1.807) is 25.1 Å². The van der Waals surface area contributed by atoms with Crippen molar-refractivity contribution in [3.8, 4) is 17.2 Å². The lowest BCUT2D eigenvalue weighted by atomic mass is 9.69. The second-order valence-corrected chi connectivity index (χ2v) is 8.50. The molecule has 1 atom stereocenters. The highest BCUT2D eigenvalue weighted by Crippen LogP contribution is 2.44. The first-order valence-electron chi connectivity index (χ1n) is 10.4. The van der Waals surface area contributed by atoms with E-state index in [9.17, 15) is 30.6 Å². The van der Waals surface area contributed by atoms with Crippen molar-refractivity contribution in [3.63, 3.8) is 0 Å². The van der Waals surface area contributed by atoms with Crippen molar-refractivity contribution >= 4 is 0 Å². The van der Waals surface area contributed by atoms with Crippen molar-refractivity contribution in [3.05, 3.63) is 86.5 Å². The number of rotatable bonds is 6. The number of hydrogen-bond acceptors (Lipinski definition) is 6. The smallest absolute Gasteiger partial charge is 0.126 e. The van der Waals surface area contributed by atoms with E-state index in [1.807, 2.05) is 39.0 Å². The molecule has 0 fully saturated rings. The van der Waals surface area contributed by atoms with Crippen LogP contribution < -0.4 is 0 Å². The maximum Gasteiger partial charge on any atom is 0.126 e. The van der Waals surface area contributed by atoms with Crippen molar-refractivity contribution in [1.29, 1.82) is 0 Å². The molecule has 0 saturated heterocycles. The Bertz CT molecular complexity index is 1120. The minimum Gasteiger partial charge on any atom is -0.507 e. The van der Waals surface area contributed by atoms with Gasteiger partial charge in [0.25, 0.3) is 0 Å². The summed E-state index contributed by atoms with van der Waals surface area (Å²) >= 11 is 0. The number of phenols is 3. The Hall–Kier alpha value is -3.06. The van der Waals surface area contributed by atoms with Crippen LogP contribution in [-0.4, -0.2) is 30.6 Å². The zero-order valence-corrected chi connectivity index (χ0v) is 18.8. The standard InChI is InChI=1S/C26H30O6/c1-14-5-20(6-15(2)23(14)30)26(4,21-7-16(3)24(31)17(8-21)11-27)22-9-18(12-28)25(32)19(10-22)13-29/h5-10,27-32H,11-13H2,1-4H3. The van der Waals surface area contributed by atoms with E-state index in [0.29, 0.717) is 27.8 Å². The molecule has 0 aliphatic carbocycles. The summed E-state index contributed by atoms with van der Waals surface area (Å²) in [5, 5.41) is 60.5. The van der Waals surface area contributed by atoms with Crippen molar-refractivity contribution in [2.75, 3.05) is 0 Å². The van der Waals surface area contributed by atoms with Gasteiger partial charge in [-0.05, 0) is 79.3 Å². The van der Waals surface area contributed by atoms with Gasteiger partial charge >= 0.3 is 0 Å². The Balaban J connectivity index is 2.45. The number of benzene rings is 3. The Kier molecular flexibility index (Phi) is 6.51. The van der Waals surface area contributed by atoms with Crippen LogP contribution in [-0.2, 0) is 25.2 Å². The van der Waals surface area contributed by atoms with Crippen LogP contribution in [0, 0.1) is 20.8 Å². The fourth-order valence-corrected chi connectivity index (χ4v) is 4.30. The molecule has 3 aromatic rings. The highest BCUT2D eigenvalue weighted by Gasteiger charge is 2.34. The summed E-state index contributed by atoms with van der Waals surface area (Å²) in [7, 11) is 0. The largest absolute Gasteiger partial charge is 0.507 e. The lowest BCUT2D eigenvalue weighted by molar-refractivity contribution is 0.263. The Labute approximate surface area is 187 Å². The lowest BCUT2D eigenvalue weighted by Gasteiger charge is -2.34. The fraction of sp³-hybridized carbons (Fsp3) is 0.308. The maximum atomic E-state index is 10.4. The molecule has 0 aromatic heterocycles. The summed E-state index contributed by atoms with van der Waals surface area (Å²) in [6.45, 7) is 6.16. The van der Waals surface area contributed by atoms with Gasteiger partial charge in [-0.3, -0.25) is 0 Å². The lowest BCUT2D eigenvalue weighted by Crippen LogP contribution is -2.27. The van der Waals surface area contributed by atoms with E-state index in [4.69, 9.17) is 0 Å². The molecule has 0 spiro atoms. The fourth-order valence-electron chi connectivity index (χ4n) is 4.30. The van der Waals surface area contributed by atoms with Crippen molar-refractivity contribution in [2.24, 2.45) is 0 Å². The summed E-state index contributed by atoms with van der Waals surface area (Å²) in [5.41, 5.74) is 4.33. The quantitative estimate of drug-likeness (QED) is 0.327. The molecule has 32 heavy (non-hydrogen) atoms. The van der Waals surface area contributed by atoms with Gasteiger partial charge in [-0.15, -0.1) is 0 Å². The SMILES string of the molecule is Cc1cc(C(C)(c2cc(C)c(O)c(CO)c2)c2cc(CO)c(O)c(CO)c2)cc(C)c1O. The van der Waals surface area contributed by atoms with Gasteiger partial charge in [0, 0.05) is 22.1 Å². The zero-order valence-electron chi connectivity index (χ0n) is 18.8. The molecular formula is C26H30O6. The Morgan fingerprint density at radius 3 is 1.25 bits per heavy atom. The first-order chi connectivity index (χ1) is 15.1. The molecular weight excluding hydrogens is 408 g/mol. The summed E-state index contributed by atoms with van der Waals surface area (Å²) in [6, 6.07) is 10.7. The first-order valence-corrected chi connectivity index (χ1v) is 10.4. The number of phenolic OH excluding ortho intramolecular Hbond substituents is 1. The molecule has 1 unspecified atom stereocenters. The summed E-state index contributed by atoms with van der Waals surface area (Å²) in [5.74, 6) is 0.0680. The number of aryl methyl sites for hydroxylation is 3. The second kappa shape index (κ2) is 8.82. The molecule has 3 aromatic carbocycles. The topological polar surface area (TPSA) is 121 Å². The number of aliphatic hydroxyl groups excluding tert-OH is 3. The molecule has 0 amide bonds. The van der Waals surface area contributed by atoms with Gasteiger partial charge in [0.15, 0.2) is 0 Å². The minimum atomic E-state index is -0.868. The van der Waals surface area contributed by atoms with Crippen LogP contribution in [0.2, 0.25) is 0 Å². The van der Waals surface area contributed by atoms with Crippen LogP contribution in [0.3, 0.4) is 0 Å². The third-order valence-electron chi connectivity index (χ3n) is 6.38. The maximum absolute atomic E-state index is 10.4. The van der Waals surface area contributed by atoms with Gasteiger partial charge < -0.3 is 30.6 Å². The second-order valence-electron chi connectivity index (χ2n) is 8.50. The number of aromatic hydroxyl groups is 3. The first kappa shape index (κ1) is 23.6. The van der Waals surface area contributed by atoms with Gasteiger partial charge in [0.2, 0.25) is 0 Å². The van der Waals surface area contributed by atoms with E-state index in [2.05, 4.69) is 0 Å². The monoisotopic (exact) mass is 438 g/mol. The number of hydrogen-bond donors (Lipinski definition) is 6. The highest BCUT2D eigenvalue weighted by molar-refractivity contribution is 5.59. The van der Waals surface area contributed by atoms with Crippen molar-refractivity contribution < 1.29 is 30.6 Å². The van der Waals surface area contributed by atoms with Crippen LogP contribution in [0.1, 0.15) is 57.0 Å². The van der Waals surface area contributed by atoms with Crippen LogP contribution in [0.25, 0.3) is 0 Å². The molecule has 0 heterocycles. The summed E-state index contributed by atoms with van der Waals surface area (Å²) < 4.78 is 0. The van der Waals surface area contributed by atoms with Gasteiger partial charge in [0.05, 0.1) is 19.8 Å². The summed E-state index contributed by atoms with van der Waals surface area (Å²) in [4.78, 5) is 0. The Morgan fingerprint density at radius 1 is 0.531 bits per heavy atom. The predicted octanol–water partition coefficient (Wildman–Crippen LogP) is 3.56. The van der Waals surface area contributed by atoms with Crippen molar-refractivity contribution in [1.82, 2.24) is 0 Å². The van der Waals surface area contributed by atoms with Gasteiger partial charge in [-0.25, -0.2) is 0 Å². The average Bonchev–Trinajstić information content (AvgIpc) is 2.78. The summed E-state index contributed by atoms with van der Waals surface area (Å²) in [6.07, 6.45) is 0. The van der Waals surface area contributed by atoms with Crippen molar-refractivity contribution in [2.45, 2.75) is 52.9 Å². The van der Waals surface area contributed by atoms with Gasteiger partial charge in [0.1, 0.15) is 17.2 Å². The van der Waals surface area contributed by atoms with Gasteiger partial charge in [-0.1, -0.05) is 18.2 Å². The van der Waals surface area contributed by atoms with E-state index in [1.165, 1.54) is 0 Å². The molecule has 170 valence electrons. The van der Waals surface area contributed by atoms with Gasteiger partial charge in [-0.2, -0.15) is 0 Å². The molecule has 6 heteroatoms. The molecule has 6 nitrogen and oxygen atoms in total. The molecule has 0 radical (unpaired) electrons. The molecule has 0 aliphatic rings. The van der Waals surface area contributed by atoms with Crippen LogP contribution in [0.15, 0.2) is 36.4 Å². The van der Waals surface area contributed by atoms with E-state index < -0.39 is 18.6 Å². The number of aliphatic hydroxyl groups is 3. The average molecular weight is 439 g/mol. The Morgan fingerprint density at radius 2 is 0.844 bits per heavy atom. The van der Waals surface area contributed by atoms with E-state index in [0.717, 1.165) is 11.1 Å².